The number of hydrogen-bond acceptors (Lipinski definition) is 4. The molecule has 0 aliphatic heterocycles. The third-order valence-corrected chi connectivity index (χ3v) is 3.39. The van der Waals surface area contributed by atoms with Gasteiger partial charge in [-0.25, -0.2) is 9.67 Å². The lowest BCUT2D eigenvalue weighted by Gasteiger charge is -2.16. The summed E-state index contributed by atoms with van der Waals surface area (Å²) in [7, 11) is 0. The average molecular weight is 333 g/mol. The van der Waals surface area contributed by atoms with Crippen molar-refractivity contribution in [1.29, 1.82) is 0 Å². The molecule has 20 heavy (non-hydrogen) atoms. The average Bonchev–Trinajstić information content (AvgIpc) is 3.10. The number of anilines is 1. The van der Waals surface area contributed by atoms with Gasteiger partial charge in [-0.3, -0.25) is 0 Å². The summed E-state index contributed by atoms with van der Waals surface area (Å²) in [5, 5.41) is 7.59. The van der Waals surface area contributed by atoms with Gasteiger partial charge < -0.3 is 9.73 Å². The van der Waals surface area contributed by atoms with Gasteiger partial charge in [-0.2, -0.15) is 5.10 Å². The van der Waals surface area contributed by atoms with Crippen molar-refractivity contribution in [3.8, 4) is 5.69 Å². The lowest BCUT2D eigenvalue weighted by atomic mass is 10.2. The normalized spacial score (nSPS) is 12.3. The SMILES string of the molecule is CC(Nc1ccccc1-n1cncn1)c1ccc(Br)o1. The lowest BCUT2D eigenvalue weighted by Crippen LogP contribution is -2.08. The molecule has 0 amide bonds. The largest absolute Gasteiger partial charge is 0.452 e. The van der Waals surface area contributed by atoms with Crippen molar-refractivity contribution in [2.24, 2.45) is 0 Å². The molecular formula is C14H13BrN4O. The van der Waals surface area contributed by atoms with E-state index in [2.05, 4.69) is 31.3 Å². The first-order valence-electron chi connectivity index (χ1n) is 6.20. The molecule has 1 N–H and O–H groups in total. The van der Waals surface area contributed by atoms with Crippen molar-refractivity contribution in [2.75, 3.05) is 5.32 Å². The monoisotopic (exact) mass is 332 g/mol. The van der Waals surface area contributed by atoms with E-state index < -0.39 is 0 Å². The maximum atomic E-state index is 5.57. The number of aromatic nitrogens is 3. The predicted molar refractivity (Wildman–Crippen MR) is 79.8 cm³/mol. The van der Waals surface area contributed by atoms with Crippen molar-refractivity contribution in [3.05, 3.63) is 59.5 Å². The highest BCUT2D eigenvalue weighted by molar-refractivity contribution is 9.10. The van der Waals surface area contributed by atoms with Crippen LogP contribution in [0.1, 0.15) is 18.7 Å². The minimum atomic E-state index is 0.0472. The van der Waals surface area contributed by atoms with Gasteiger partial charge in [0.25, 0.3) is 0 Å². The summed E-state index contributed by atoms with van der Waals surface area (Å²) in [4.78, 5) is 3.98. The van der Waals surface area contributed by atoms with Crippen LogP contribution in [0.25, 0.3) is 5.69 Å². The molecule has 1 unspecified atom stereocenters. The summed E-state index contributed by atoms with van der Waals surface area (Å²) in [5.41, 5.74) is 1.92. The van der Waals surface area contributed by atoms with Crippen LogP contribution in [0, 0.1) is 0 Å². The standard InChI is InChI=1S/C14H13BrN4O/c1-10(13-6-7-14(15)20-13)18-11-4-2-3-5-12(11)19-9-16-8-17-19/h2-10,18H,1H3. The summed E-state index contributed by atoms with van der Waals surface area (Å²) in [6, 6.07) is 11.8. The molecular weight excluding hydrogens is 320 g/mol. The molecule has 2 aromatic heterocycles. The Morgan fingerprint density at radius 1 is 1.25 bits per heavy atom. The zero-order valence-corrected chi connectivity index (χ0v) is 12.4. The van der Waals surface area contributed by atoms with Crippen LogP contribution in [0.4, 0.5) is 5.69 Å². The van der Waals surface area contributed by atoms with Crippen molar-refractivity contribution in [2.45, 2.75) is 13.0 Å². The van der Waals surface area contributed by atoms with Crippen LogP contribution >= 0.6 is 15.9 Å². The van der Waals surface area contributed by atoms with Gasteiger partial charge in [0, 0.05) is 0 Å². The van der Waals surface area contributed by atoms with Gasteiger partial charge in [-0.1, -0.05) is 12.1 Å². The van der Waals surface area contributed by atoms with Crippen molar-refractivity contribution >= 4 is 21.6 Å². The quantitative estimate of drug-likeness (QED) is 0.789. The molecule has 0 bridgehead atoms. The number of furan rings is 1. The Balaban J connectivity index is 1.88. The fourth-order valence-corrected chi connectivity index (χ4v) is 2.31. The Morgan fingerprint density at radius 2 is 2.10 bits per heavy atom. The van der Waals surface area contributed by atoms with Crippen molar-refractivity contribution in [3.63, 3.8) is 0 Å². The van der Waals surface area contributed by atoms with Gasteiger partial charge in [-0.05, 0) is 47.1 Å². The zero-order valence-electron chi connectivity index (χ0n) is 10.8. The first-order valence-corrected chi connectivity index (χ1v) is 6.99. The molecule has 0 spiro atoms. The van der Waals surface area contributed by atoms with E-state index in [1.54, 1.807) is 11.0 Å². The summed E-state index contributed by atoms with van der Waals surface area (Å²) in [6.45, 7) is 2.05. The van der Waals surface area contributed by atoms with Gasteiger partial charge in [0.15, 0.2) is 4.67 Å². The second-order valence-corrected chi connectivity index (χ2v) is 5.15. The smallest absolute Gasteiger partial charge is 0.169 e. The minimum Gasteiger partial charge on any atom is -0.452 e. The lowest BCUT2D eigenvalue weighted by molar-refractivity contribution is 0.471. The molecule has 5 nitrogen and oxygen atoms in total. The van der Waals surface area contributed by atoms with E-state index in [4.69, 9.17) is 4.42 Å². The van der Waals surface area contributed by atoms with Crippen molar-refractivity contribution in [1.82, 2.24) is 14.8 Å². The molecule has 2 heterocycles. The molecule has 0 aliphatic rings. The molecule has 0 saturated heterocycles. The van der Waals surface area contributed by atoms with E-state index in [1.807, 2.05) is 43.3 Å². The molecule has 0 fully saturated rings. The fourth-order valence-electron chi connectivity index (χ4n) is 1.99. The summed E-state index contributed by atoms with van der Waals surface area (Å²) < 4.78 is 8.02. The molecule has 3 aromatic rings. The van der Waals surface area contributed by atoms with Crippen LogP contribution in [0.5, 0.6) is 0 Å². The Kier molecular flexibility index (Phi) is 3.56. The van der Waals surface area contributed by atoms with Crippen LogP contribution < -0.4 is 5.32 Å². The summed E-state index contributed by atoms with van der Waals surface area (Å²) >= 11 is 3.32. The Hall–Kier alpha value is -2.08. The Labute approximate surface area is 124 Å². The first kappa shape index (κ1) is 12.9. The number of benzene rings is 1. The molecule has 6 heteroatoms. The van der Waals surface area contributed by atoms with E-state index in [1.165, 1.54) is 6.33 Å². The molecule has 0 radical (unpaired) electrons. The highest BCUT2D eigenvalue weighted by atomic mass is 79.9. The number of nitrogens with zero attached hydrogens (tertiary/aromatic N) is 3. The predicted octanol–water partition coefficient (Wildman–Crippen LogP) is 3.80. The van der Waals surface area contributed by atoms with Crippen LogP contribution in [-0.4, -0.2) is 14.8 Å². The second-order valence-electron chi connectivity index (χ2n) is 4.37. The highest BCUT2D eigenvalue weighted by Crippen LogP contribution is 2.26. The van der Waals surface area contributed by atoms with Crippen molar-refractivity contribution < 1.29 is 4.42 Å². The number of rotatable bonds is 4. The number of nitrogens with one attached hydrogen (secondary N) is 1. The van der Waals surface area contributed by atoms with Crippen LogP contribution in [0.3, 0.4) is 0 Å². The number of hydrogen-bond donors (Lipinski definition) is 1. The topological polar surface area (TPSA) is 55.9 Å². The van der Waals surface area contributed by atoms with Crippen LogP contribution in [-0.2, 0) is 0 Å². The molecule has 3 rings (SSSR count). The van der Waals surface area contributed by atoms with E-state index in [0.717, 1.165) is 21.8 Å². The third kappa shape index (κ3) is 2.60. The molecule has 0 saturated carbocycles. The van der Waals surface area contributed by atoms with Gasteiger partial charge in [0.2, 0.25) is 0 Å². The van der Waals surface area contributed by atoms with Gasteiger partial charge in [0.1, 0.15) is 18.4 Å². The summed E-state index contributed by atoms with van der Waals surface area (Å²) in [6.07, 6.45) is 3.19. The van der Waals surface area contributed by atoms with Crippen LogP contribution in [0.2, 0.25) is 0 Å². The molecule has 1 atom stereocenters. The van der Waals surface area contributed by atoms with Gasteiger partial charge in [0.05, 0.1) is 17.4 Å². The number of halogens is 1. The second kappa shape index (κ2) is 5.50. The van der Waals surface area contributed by atoms with Gasteiger partial charge >= 0.3 is 0 Å². The number of para-hydroxylation sites is 2. The van der Waals surface area contributed by atoms with E-state index >= 15 is 0 Å². The summed E-state index contributed by atoms with van der Waals surface area (Å²) in [5.74, 6) is 0.866. The Morgan fingerprint density at radius 3 is 2.80 bits per heavy atom. The van der Waals surface area contributed by atoms with E-state index in [9.17, 15) is 0 Å². The molecule has 102 valence electrons. The third-order valence-electron chi connectivity index (χ3n) is 2.96. The fraction of sp³-hybridized carbons (Fsp3) is 0.143. The van der Waals surface area contributed by atoms with E-state index in [-0.39, 0.29) is 6.04 Å². The molecule has 0 aliphatic carbocycles. The first-order chi connectivity index (χ1) is 9.74. The maximum absolute atomic E-state index is 5.57. The highest BCUT2D eigenvalue weighted by Gasteiger charge is 2.12. The zero-order chi connectivity index (χ0) is 13.9. The van der Waals surface area contributed by atoms with Crippen LogP contribution in [0.15, 0.2) is 58.1 Å². The van der Waals surface area contributed by atoms with E-state index in [0.29, 0.717) is 0 Å². The van der Waals surface area contributed by atoms with Gasteiger partial charge in [-0.15, -0.1) is 0 Å². The molecule has 1 aromatic carbocycles. The maximum Gasteiger partial charge on any atom is 0.169 e. The minimum absolute atomic E-state index is 0.0472. The Bertz CT molecular complexity index is 693.